The van der Waals surface area contributed by atoms with E-state index in [2.05, 4.69) is 15.5 Å². The monoisotopic (exact) mass is 311 g/mol. The van der Waals surface area contributed by atoms with Crippen LogP contribution >= 0.6 is 0 Å². The minimum atomic E-state index is -0.396. The molecule has 0 spiro atoms. The predicted octanol–water partition coefficient (Wildman–Crippen LogP) is 2.73. The molecule has 0 aliphatic carbocycles. The SMILES string of the molecule is O=C(Cc1ccccc1F)NCc1nc(-c2ccccc2)no1. The summed E-state index contributed by atoms with van der Waals surface area (Å²) in [6, 6.07) is 15.6. The van der Waals surface area contributed by atoms with E-state index in [1.54, 1.807) is 18.2 Å². The first-order valence-corrected chi connectivity index (χ1v) is 7.10. The standard InChI is InChI=1S/C17H14FN3O2/c18-14-9-5-4-8-13(14)10-15(22)19-11-16-20-17(21-23-16)12-6-2-1-3-7-12/h1-9H,10-11H2,(H,19,22). The molecule has 116 valence electrons. The number of rotatable bonds is 5. The van der Waals surface area contributed by atoms with Crippen LogP contribution in [-0.2, 0) is 17.8 Å². The summed E-state index contributed by atoms with van der Waals surface area (Å²) in [5.74, 6) is 0.0519. The van der Waals surface area contributed by atoms with Crippen LogP contribution in [0.3, 0.4) is 0 Å². The summed E-state index contributed by atoms with van der Waals surface area (Å²) in [4.78, 5) is 16.1. The van der Waals surface area contributed by atoms with Crippen molar-refractivity contribution in [2.24, 2.45) is 0 Å². The maximum atomic E-state index is 13.5. The molecule has 0 fully saturated rings. The molecular formula is C17H14FN3O2. The van der Waals surface area contributed by atoms with Gasteiger partial charge in [0, 0.05) is 5.56 Å². The molecule has 1 heterocycles. The fourth-order valence-corrected chi connectivity index (χ4v) is 2.08. The number of nitrogens with one attached hydrogen (secondary N) is 1. The van der Waals surface area contributed by atoms with Crippen LogP contribution in [0, 0.1) is 5.82 Å². The topological polar surface area (TPSA) is 68.0 Å². The Morgan fingerprint density at radius 2 is 1.83 bits per heavy atom. The van der Waals surface area contributed by atoms with Crippen molar-refractivity contribution < 1.29 is 13.7 Å². The summed E-state index contributed by atoms with van der Waals surface area (Å²) >= 11 is 0. The van der Waals surface area contributed by atoms with Gasteiger partial charge >= 0.3 is 0 Å². The lowest BCUT2D eigenvalue weighted by Gasteiger charge is -2.03. The molecule has 3 aromatic rings. The van der Waals surface area contributed by atoms with Gasteiger partial charge in [-0.25, -0.2) is 4.39 Å². The highest BCUT2D eigenvalue weighted by Crippen LogP contribution is 2.14. The molecule has 0 atom stereocenters. The smallest absolute Gasteiger partial charge is 0.246 e. The average molecular weight is 311 g/mol. The third-order valence-electron chi connectivity index (χ3n) is 3.25. The fourth-order valence-electron chi connectivity index (χ4n) is 2.08. The third-order valence-corrected chi connectivity index (χ3v) is 3.25. The summed E-state index contributed by atoms with van der Waals surface area (Å²) in [6.45, 7) is 0.104. The summed E-state index contributed by atoms with van der Waals surface area (Å²) in [5, 5.41) is 6.50. The number of hydrogen-bond donors (Lipinski definition) is 1. The highest BCUT2D eigenvalue weighted by Gasteiger charge is 2.11. The lowest BCUT2D eigenvalue weighted by molar-refractivity contribution is -0.120. The van der Waals surface area contributed by atoms with Crippen molar-refractivity contribution in [2.45, 2.75) is 13.0 Å². The van der Waals surface area contributed by atoms with Crippen LogP contribution in [0.25, 0.3) is 11.4 Å². The number of carbonyl (C=O) groups is 1. The maximum Gasteiger partial charge on any atom is 0.246 e. The van der Waals surface area contributed by atoms with E-state index >= 15 is 0 Å². The van der Waals surface area contributed by atoms with E-state index < -0.39 is 5.82 Å². The van der Waals surface area contributed by atoms with Gasteiger partial charge in [-0.3, -0.25) is 4.79 Å². The molecule has 0 saturated carbocycles. The Morgan fingerprint density at radius 1 is 1.09 bits per heavy atom. The molecule has 5 nitrogen and oxygen atoms in total. The molecule has 0 bridgehead atoms. The van der Waals surface area contributed by atoms with Crippen LogP contribution in [-0.4, -0.2) is 16.0 Å². The first-order valence-electron chi connectivity index (χ1n) is 7.10. The second kappa shape index (κ2) is 6.83. The molecule has 1 aromatic heterocycles. The van der Waals surface area contributed by atoms with E-state index in [9.17, 15) is 9.18 Å². The van der Waals surface area contributed by atoms with E-state index in [4.69, 9.17) is 4.52 Å². The molecular weight excluding hydrogens is 297 g/mol. The second-order valence-electron chi connectivity index (χ2n) is 4.92. The van der Waals surface area contributed by atoms with Crippen molar-refractivity contribution in [3.8, 4) is 11.4 Å². The number of amides is 1. The number of halogens is 1. The van der Waals surface area contributed by atoms with E-state index in [1.165, 1.54) is 6.07 Å². The lowest BCUT2D eigenvalue weighted by Crippen LogP contribution is -2.25. The number of carbonyl (C=O) groups excluding carboxylic acids is 1. The van der Waals surface area contributed by atoms with Gasteiger partial charge in [-0.2, -0.15) is 4.98 Å². The molecule has 3 rings (SSSR count). The van der Waals surface area contributed by atoms with Crippen molar-refractivity contribution in [3.05, 3.63) is 71.9 Å². The summed E-state index contributed by atoms with van der Waals surface area (Å²) in [5.41, 5.74) is 1.18. The molecule has 1 N–H and O–H groups in total. The molecule has 1 amide bonds. The van der Waals surface area contributed by atoms with Crippen LogP contribution in [0.15, 0.2) is 59.1 Å². The highest BCUT2D eigenvalue weighted by molar-refractivity contribution is 5.78. The Morgan fingerprint density at radius 3 is 2.61 bits per heavy atom. The Bertz CT molecular complexity index is 802. The molecule has 6 heteroatoms. The van der Waals surface area contributed by atoms with Crippen molar-refractivity contribution in [1.29, 1.82) is 0 Å². The average Bonchev–Trinajstić information content (AvgIpc) is 3.05. The Balaban J connectivity index is 1.58. The quantitative estimate of drug-likeness (QED) is 0.786. The van der Waals surface area contributed by atoms with Crippen LogP contribution in [0.2, 0.25) is 0 Å². The summed E-state index contributed by atoms with van der Waals surface area (Å²) < 4.78 is 18.6. The van der Waals surface area contributed by atoms with Gasteiger partial charge in [0.25, 0.3) is 0 Å². The van der Waals surface area contributed by atoms with E-state index in [-0.39, 0.29) is 18.9 Å². The van der Waals surface area contributed by atoms with Gasteiger partial charge in [0.15, 0.2) is 0 Å². The molecule has 0 radical (unpaired) electrons. The van der Waals surface area contributed by atoms with Crippen LogP contribution < -0.4 is 5.32 Å². The number of benzene rings is 2. The zero-order valence-electron chi connectivity index (χ0n) is 12.2. The van der Waals surface area contributed by atoms with Crippen LogP contribution in [0.5, 0.6) is 0 Å². The van der Waals surface area contributed by atoms with Crippen LogP contribution in [0.1, 0.15) is 11.5 Å². The molecule has 23 heavy (non-hydrogen) atoms. The number of aromatic nitrogens is 2. The van der Waals surface area contributed by atoms with E-state index in [0.29, 0.717) is 17.3 Å². The fraction of sp³-hybridized carbons (Fsp3) is 0.118. The van der Waals surface area contributed by atoms with E-state index in [0.717, 1.165) is 5.56 Å². The highest BCUT2D eigenvalue weighted by atomic mass is 19.1. The van der Waals surface area contributed by atoms with Crippen molar-refractivity contribution >= 4 is 5.91 Å². The molecule has 0 saturated heterocycles. The zero-order chi connectivity index (χ0) is 16.1. The van der Waals surface area contributed by atoms with Gasteiger partial charge in [-0.05, 0) is 11.6 Å². The lowest BCUT2D eigenvalue weighted by atomic mass is 10.1. The molecule has 2 aromatic carbocycles. The Labute approximate surface area is 132 Å². The Kier molecular flexibility index (Phi) is 4.42. The van der Waals surface area contributed by atoms with Gasteiger partial charge in [-0.1, -0.05) is 53.7 Å². The van der Waals surface area contributed by atoms with Gasteiger partial charge in [0.1, 0.15) is 5.82 Å². The normalized spacial score (nSPS) is 10.5. The largest absolute Gasteiger partial charge is 0.347 e. The van der Waals surface area contributed by atoms with E-state index in [1.807, 2.05) is 30.3 Å². The van der Waals surface area contributed by atoms with Crippen molar-refractivity contribution in [3.63, 3.8) is 0 Å². The van der Waals surface area contributed by atoms with Crippen molar-refractivity contribution in [1.82, 2.24) is 15.5 Å². The van der Waals surface area contributed by atoms with Gasteiger partial charge in [0.05, 0.1) is 13.0 Å². The molecule has 0 aliphatic rings. The minimum Gasteiger partial charge on any atom is -0.347 e. The summed E-state index contributed by atoms with van der Waals surface area (Å²) in [7, 11) is 0. The van der Waals surface area contributed by atoms with Gasteiger partial charge in [-0.15, -0.1) is 0 Å². The molecule has 0 unspecified atom stereocenters. The van der Waals surface area contributed by atoms with Gasteiger partial charge < -0.3 is 9.84 Å². The number of nitrogens with zero attached hydrogens (tertiary/aromatic N) is 2. The summed E-state index contributed by atoms with van der Waals surface area (Å²) in [6.07, 6.45) is -0.0354. The first kappa shape index (κ1) is 14.9. The third kappa shape index (κ3) is 3.79. The number of hydrogen-bond acceptors (Lipinski definition) is 4. The minimum absolute atomic E-state index is 0.0354. The van der Waals surface area contributed by atoms with Crippen molar-refractivity contribution in [2.75, 3.05) is 0 Å². The first-order chi connectivity index (χ1) is 11.2. The maximum absolute atomic E-state index is 13.5. The molecule has 0 aliphatic heterocycles. The zero-order valence-corrected chi connectivity index (χ0v) is 12.2. The Hall–Kier alpha value is -3.02. The van der Waals surface area contributed by atoms with Crippen LogP contribution in [0.4, 0.5) is 4.39 Å². The predicted molar refractivity (Wildman–Crippen MR) is 81.7 cm³/mol. The van der Waals surface area contributed by atoms with Gasteiger partial charge in [0.2, 0.25) is 17.6 Å². The second-order valence-corrected chi connectivity index (χ2v) is 4.92.